The number of hydrogen-bond donors (Lipinski definition) is 1. The van der Waals surface area contributed by atoms with Gasteiger partial charge in [-0.05, 0) is 19.1 Å². The Hall–Kier alpha value is -1.11. The van der Waals surface area contributed by atoms with Crippen LogP contribution in [0.5, 0.6) is 5.75 Å². The normalized spacial score (nSPS) is 13.5. The second-order valence-corrected chi connectivity index (χ2v) is 4.24. The van der Waals surface area contributed by atoms with E-state index in [1.54, 1.807) is 19.1 Å². The molecular formula is C9H13NO4S. The minimum atomic E-state index is -3.89. The van der Waals surface area contributed by atoms with Gasteiger partial charge in [0.25, 0.3) is 0 Å². The molecule has 0 saturated heterocycles. The van der Waals surface area contributed by atoms with Crippen LogP contribution in [0.2, 0.25) is 0 Å². The molecule has 0 saturated carbocycles. The van der Waals surface area contributed by atoms with Gasteiger partial charge in [0.15, 0.2) is 0 Å². The van der Waals surface area contributed by atoms with E-state index in [2.05, 4.69) is 9.32 Å². The van der Waals surface area contributed by atoms with Crippen LogP contribution in [-0.2, 0) is 14.5 Å². The summed E-state index contributed by atoms with van der Waals surface area (Å²) in [7, 11) is -3.89. The quantitative estimate of drug-likeness (QED) is 0.808. The molecule has 1 aromatic carbocycles. The van der Waals surface area contributed by atoms with E-state index in [1.165, 1.54) is 0 Å². The van der Waals surface area contributed by atoms with E-state index >= 15 is 0 Å². The molecule has 15 heavy (non-hydrogen) atoms. The van der Waals surface area contributed by atoms with Gasteiger partial charge >= 0.3 is 10.3 Å². The summed E-state index contributed by atoms with van der Waals surface area (Å²) < 4.78 is 30.7. The number of hydrogen-bond acceptors (Lipinski definition) is 4. The molecule has 0 aliphatic rings. The molecule has 2 N–H and O–H groups in total. The Morgan fingerprint density at radius 2 is 1.93 bits per heavy atom. The fourth-order valence-electron chi connectivity index (χ4n) is 0.956. The van der Waals surface area contributed by atoms with Gasteiger partial charge in [0.05, 0.1) is 0 Å². The largest absolute Gasteiger partial charge is 0.488 e. The van der Waals surface area contributed by atoms with Gasteiger partial charge in [0, 0.05) is 0 Å². The molecular weight excluding hydrogens is 218 g/mol. The Labute approximate surface area is 89.1 Å². The van der Waals surface area contributed by atoms with Crippen molar-refractivity contribution in [1.29, 1.82) is 0 Å². The van der Waals surface area contributed by atoms with Gasteiger partial charge in [-0.1, -0.05) is 18.2 Å². The van der Waals surface area contributed by atoms with Crippen molar-refractivity contribution in [2.24, 2.45) is 5.14 Å². The van der Waals surface area contributed by atoms with Crippen LogP contribution in [0.3, 0.4) is 0 Å². The van der Waals surface area contributed by atoms with Gasteiger partial charge < -0.3 is 4.74 Å². The second-order valence-electron chi connectivity index (χ2n) is 3.02. The van der Waals surface area contributed by atoms with Crippen LogP contribution in [-0.4, -0.2) is 21.1 Å². The Bertz CT molecular complexity index is 390. The maximum atomic E-state index is 10.5. The predicted molar refractivity (Wildman–Crippen MR) is 55.6 cm³/mol. The van der Waals surface area contributed by atoms with Crippen LogP contribution >= 0.6 is 0 Å². The Balaban J connectivity index is 2.40. The molecule has 1 atom stereocenters. The van der Waals surface area contributed by atoms with Crippen molar-refractivity contribution in [3.63, 3.8) is 0 Å². The summed E-state index contributed by atoms with van der Waals surface area (Å²) in [5.74, 6) is 0.656. The van der Waals surface area contributed by atoms with Crippen molar-refractivity contribution in [2.45, 2.75) is 13.0 Å². The van der Waals surface area contributed by atoms with Gasteiger partial charge in [-0.2, -0.15) is 8.42 Å². The monoisotopic (exact) mass is 231 g/mol. The zero-order chi connectivity index (χ0) is 11.3. The molecule has 0 fully saturated rings. The molecule has 0 amide bonds. The third-order valence-corrected chi connectivity index (χ3v) is 2.01. The molecule has 0 aromatic heterocycles. The molecule has 84 valence electrons. The fourth-order valence-corrected chi connectivity index (χ4v) is 1.34. The highest BCUT2D eigenvalue weighted by atomic mass is 32.2. The van der Waals surface area contributed by atoms with Crippen LogP contribution in [0.15, 0.2) is 30.3 Å². The Kier molecular flexibility index (Phi) is 4.07. The zero-order valence-electron chi connectivity index (χ0n) is 8.29. The highest BCUT2D eigenvalue weighted by molar-refractivity contribution is 7.84. The molecule has 1 rings (SSSR count). The highest BCUT2D eigenvalue weighted by Gasteiger charge is 2.08. The molecule has 0 bridgehead atoms. The van der Waals surface area contributed by atoms with Gasteiger partial charge in [-0.25, -0.2) is 5.14 Å². The van der Waals surface area contributed by atoms with Crippen LogP contribution < -0.4 is 9.88 Å². The van der Waals surface area contributed by atoms with Crippen molar-refractivity contribution in [3.05, 3.63) is 30.3 Å². The lowest BCUT2D eigenvalue weighted by molar-refractivity contribution is 0.146. The first kappa shape index (κ1) is 12.0. The van der Waals surface area contributed by atoms with Gasteiger partial charge in [0.2, 0.25) is 0 Å². The standard InChI is InChI=1S/C9H13NO4S/c1-8(7-13-15(10,11)12)14-9-5-3-2-4-6-9/h2-6,8H,7H2,1H3,(H2,10,11,12). The van der Waals surface area contributed by atoms with E-state index in [4.69, 9.17) is 4.74 Å². The minimum absolute atomic E-state index is 0.103. The molecule has 5 nitrogen and oxygen atoms in total. The van der Waals surface area contributed by atoms with Crippen LogP contribution in [0.25, 0.3) is 0 Å². The number of benzene rings is 1. The van der Waals surface area contributed by atoms with Gasteiger partial charge in [-0.3, -0.25) is 4.18 Å². The van der Waals surface area contributed by atoms with Gasteiger partial charge in [0.1, 0.15) is 18.5 Å². The predicted octanol–water partition coefficient (Wildman–Crippen LogP) is 0.674. The van der Waals surface area contributed by atoms with Gasteiger partial charge in [-0.15, -0.1) is 0 Å². The average molecular weight is 231 g/mol. The fraction of sp³-hybridized carbons (Fsp3) is 0.333. The second kappa shape index (κ2) is 5.11. The van der Waals surface area contributed by atoms with E-state index in [1.807, 2.05) is 18.2 Å². The molecule has 0 radical (unpaired) electrons. The van der Waals surface area contributed by atoms with Crippen molar-refractivity contribution in [2.75, 3.05) is 6.61 Å². The van der Waals surface area contributed by atoms with E-state index < -0.39 is 10.3 Å². The first-order valence-corrected chi connectivity index (χ1v) is 5.83. The highest BCUT2D eigenvalue weighted by Crippen LogP contribution is 2.10. The Morgan fingerprint density at radius 3 is 2.47 bits per heavy atom. The van der Waals surface area contributed by atoms with Crippen molar-refractivity contribution in [1.82, 2.24) is 0 Å². The first-order valence-electron chi connectivity index (χ1n) is 4.36. The zero-order valence-corrected chi connectivity index (χ0v) is 9.11. The Morgan fingerprint density at radius 1 is 1.33 bits per heavy atom. The molecule has 1 aromatic rings. The minimum Gasteiger partial charge on any atom is -0.488 e. The molecule has 0 heterocycles. The third kappa shape index (κ3) is 5.36. The average Bonchev–Trinajstić information content (AvgIpc) is 2.15. The summed E-state index contributed by atoms with van der Waals surface area (Å²) in [6.07, 6.45) is -0.384. The molecule has 0 aliphatic carbocycles. The van der Waals surface area contributed by atoms with E-state index in [9.17, 15) is 8.42 Å². The lowest BCUT2D eigenvalue weighted by Gasteiger charge is -2.13. The number of rotatable bonds is 5. The maximum Gasteiger partial charge on any atom is 0.333 e. The summed E-state index contributed by atoms with van der Waals surface area (Å²) in [5, 5.41) is 4.67. The van der Waals surface area contributed by atoms with E-state index in [0.717, 1.165) is 0 Å². The molecule has 1 unspecified atom stereocenters. The van der Waals surface area contributed by atoms with E-state index in [-0.39, 0.29) is 12.7 Å². The van der Waals surface area contributed by atoms with Crippen molar-refractivity contribution < 1.29 is 17.3 Å². The lowest BCUT2D eigenvalue weighted by Crippen LogP contribution is -2.25. The summed E-state index contributed by atoms with van der Waals surface area (Å²) in [4.78, 5) is 0. The van der Waals surface area contributed by atoms with Crippen LogP contribution in [0.4, 0.5) is 0 Å². The summed E-state index contributed by atoms with van der Waals surface area (Å²) in [6.45, 7) is 1.59. The first-order chi connectivity index (χ1) is 6.97. The lowest BCUT2D eigenvalue weighted by atomic mass is 10.3. The summed E-state index contributed by atoms with van der Waals surface area (Å²) in [5.41, 5.74) is 0. The smallest absolute Gasteiger partial charge is 0.333 e. The molecule has 0 aliphatic heterocycles. The van der Waals surface area contributed by atoms with Crippen molar-refractivity contribution in [3.8, 4) is 5.75 Å². The summed E-state index contributed by atoms with van der Waals surface area (Å²) in [6, 6.07) is 9.05. The van der Waals surface area contributed by atoms with Crippen LogP contribution in [0.1, 0.15) is 6.92 Å². The van der Waals surface area contributed by atoms with Crippen LogP contribution in [0, 0.1) is 0 Å². The molecule has 6 heteroatoms. The SMILES string of the molecule is CC(COS(N)(=O)=O)Oc1ccccc1. The third-order valence-electron chi connectivity index (χ3n) is 1.55. The maximum absolute atomic E-state index is 10.5. The topological polar surface area (TPSA) is 78.6 Å². The number of nitrogens with two attached hydrogens (primary N) is 1. The van der Waals surface area contributed by atoms with E-state index in [0.29, 0.717) is 5.75 Å². The number of para-hydroxylation sites is 1. The number of ether oxygens (including phenoxy) is 1. The van der Waals surface area contributed by atoms with Crippen molar-refractivity contribution >= 4 is 10.3 Å². The molecule has 0 spiro atoms. The summed E-state index contributed by atoms with van der Waals surface area (Å²) >= 11 is 0.